The molecule has 0 bridgehead atoms. The van der Waals surface area contributed by atoms with Crippen molar-refractivity contribution in [2.75, 3.05) is 16.0 Å². The number of hydrogen-bond acceptors (Lipinski definition) is 8. The summed E-state index contributed by atoms with van der Waals surface area (Å²) in [6.45, 7) is 2.01. The second kappa shape index (κ2) is 9.07. The first kappa shape index (κ1) is 20.6. The third kappa shape index (κ3) is 4.82. The molecule has 0 spiro atoms. The molecule has 1 aliphatic rings. The first-order valence-corrected chi connectivity index (χ1v) is 10.8. The minimum absolute atomic E-state index is 0.251. The van der Waals surface area contributed by atoms with Gasteiger partial charge in [-0.15, -0.1) is 0 Å². The van der Waals surface area contributed by atoms with Crippen LogP contribution in [0.5, 0.6) is 0 Å². The van der Waals surface area contributed by atoms with E-state index in [2.05, 4.69) is 36.1 Å². The number of aryl methyl sites for hydroxylation is 2. The van der Waals surface area contributed by atoms with E-state index in [0.717, 1.165) is 48.3 Å². The fraction of sp³-hybridized carbons (Fsp3) is 0.208. The highest BCUT2D eigenvalue weighted by Gasteiger charge is 2.24. The zero-order chi connectivity index (χ0) is 22.6. The summed E-state index contributed by atoms with van der Waals surface area (Å²) in [7, 11) is 0. The Balaban J connectivity index is 1.23. The quantitative estimate of drug-likeness (QED) is 0.391. The SMILES string of the molecule is Cc1ccnc(Nc2cc(Nc3ccc(NC(=O)c4noc5c4CCCC5)cc3)ncn2)c1. The van der Waals surface area contributed by atoms with Crippen LogP contribution < -0.4 is 16.0 Å². The molecule has 0 atom stereocenters. The van der Waals surface area contributed by atoms with E-state index in [9.17, 15) is 4.79 Å². The van der Waals surface area contributed by atoms with Gasteiger partial charge in [-0.3, -0.25) is 4.79 Å². The second-order valence-corrected chi connectivity index (χ2v) is 7.93. The monoisotopic (exact) mass is 441 g/mol. The molecule has 0 radical (unpaired) electrons. The summed E-state index contributed by atoms with van der Waals surface area (Å²) in [5.74, 6) is 2.56. The van der Waals surface area contributed by atoms with Crippen molar-refractivity contribution in [2.45, 2.75) is 32.6 Å². The van der Waals surface area contributed by atoms with E-state index in [1.807, 2.05) is 43.3 Å². The summed E-state index contributed by atoms with van der Waals surface area (Å²) in [5.41, 5.74) is 3.93. The van der Waals surface area contributed by atoms with Crippen LogP contribution in [-0.4, -0.2) is 26.0 Å². The Labute approximate surface area is 190 Å². The average Bonchev–Trinajstić information content (AvgIpc) is 3.25. The Morgan fingerprint density at radius 1 is 0.879 bits per heavy atom. The minimum Gasteiger partial charge on any atom is -0.360 e. The van der Waals surface area contributed by atoms with Crippen molar-refractivity contribution in [3.8, 4) is 0 Å². The summed E-state index contributed by atoms with van der Waals surface area (Å²) >= 11 is 0. The molecule has 1 amide bonds. The van der Waals surface area contributed by atoms with E-state index in [1.165, 1.54) is 6.33 Å². The number of nitrogens with zero attached hydrogens (tertiary/aromatic N) is 4. The molecule has 4 aromatic rings. The van der Waals surface area contributed by atoms with Gasteiger partial charge in [0, 0.05) is 35.6 Å². The molecule has 33 heavy (non-hydrogen) atoms. The number of hydrogen-bond donors (Lipinski definition) is 3. The van der Waals surface area contributed by atoms with Crippen molar-refractivity contribution in [1.82, 2.24) is 20.1 Å². The summed E-state index contributed by atoms with van der Waals surface area (Å²) in [4.78, 5) is 25.5. The maximum atomic E-state index is 12.7. The van der Waals surface area contributed by atoms with Gasteiger partial charge in [0.2, 0.25) is 0 Å². The molecule has 1 aliphatic carbocycles. The van der Waals surface area contributed by atoms with Crippen LogP contribution in [0.1, 0.15) is 40.2 Å². The number of fused-ring (bicyclic) bond motifs is 1. The molecule has 1 aromatic carbocycles. The van der Waals surface area contributed by atoms with Gasteiger partial charge in [-0.25, -0.2) is 15.0 Å². The molecule has 0 fully saturated rings. The predicted molar refractivity (Wildman–Crippen MR) is 125 cm³/mol. The average molecular weight is 441 g/mol. The lowest BCUT2D eigenvalue weighted by atomic mass is 9.96. The lowest BCUT2D eigenvalue weighted by molar-refractivity contribution is 0.101. The topological polar surface area (TPSA) is 118 Å². The lowest BCUT2D eigenvalue weighted by Gasteiger charge is -2.10. The molecule has 9 heteroatoms. The molecular formula is C24H23N7O2. The fourth-order valence-electron chi connectivity index (χ4n) is 3.77. The van der Waals surface area contributed by atoms with Crippen molar-refractivity contribution in [3.63, 3.8) is 0 Å². The maximum absolute atomic E-state index is 12.7. The van der Waals surface area contributed by atoms with E-state index in [4.69, 9.17) is 4.52 Å². The number of carbonyl (C=O) groups is 1. The molecule has 0 saturated carbocycles. The van der Waals surface area contributed by atoms with Crippen LogP contribution in [0.15, 0.2) is 59.5 Å². The smallest absolute Gasteiger partial charge is 0.278 e. The zero-order valence-corrected chi connectivity index (χ0v) is 18.1. The fourth-order valence-corrected chi connectivity index (χ4v) is 3.77. The third-order valence-corrected chi connectivity index (χ3v) is 5.42. The highest BCUT2D eigenvalue weighted by atomic mass is 16.5. The summed E-state index contributed by atoms with van der Waals surface area (Å²) in [6, 6.07) is 13.1. The van der Waals surface area contributed by atoms with Crippen LogP contribution in [0, 0.1) is 6.92 Å². The molecule has 0 aliphatic heterocycles. The number of pyridine rings is 1. The van der Waals surface area contributed by atoms with Crippen molar-refractivity contribution in [2.24, 2.45) is 0 Å². The highest BCUT2D eigenvalue weighted by molar-refractivity contribution is 6.04. The second-order valence-electron chi connectivity index (χ2n) is 7.93. The number of nitrogens with one attached hydrogen (secondary N) is 3. The number of amides is 1. The molecule has 0 saturated heterocycles. The van der Waals surface area contributed by atoms with Gasteiger partial charge in [0.25, 0.3) is 5.91 Å². The van der Waals surface area contributed by atoms with Gasteiger partial charge in [0.05, 0.1) is 0 Å². The van der Waals surface area contributed by atoms with E-state index in [-0.39, 0.29) is 5.91 Å². The van der Waals surface area contributed by atoms with E-state index in [0.29, 0.717) is 28.8 Å². The normalized spacial score (nSPS) is 12.6. The number of aromatic nitrogens is 4. The Bertz CT molecular complexity index is 1280. The first-order valence-electron chi connectivity index (χ1n) is 10.8. The van der Waals surface area contributed by atoms with E-state index < -0.39 is 0 Å². The van der Waals surface area contributed by atoms with Crippen LogP contribution in [0.3, 0.4) is 0 Å². The number of rotatable bonds is 6. The number of anilines is 5. The number of carbonyl (C=O) groups excluding carboxylic acids is 1. The largest absolute Gasteiger partial charge is 0.360 e. The Hall–Kier alpha value is -4.27. The molecule has 3 aromatic heterocycles. The molecule has 3 heterocycles. The molecule has 0 unspecified atom stereocenters. The van der Waals surface area contributed by atoms with Gasteiger partial charge in [-0.2, -0.15) is 0 Å². The van der Waals surface area contributed by atoms with Crippen molar-refractivity contribution in [1.29, 1.82) is 0 Å². The summed E-state index contributed by atoms with van der Waals surface area (Å²) in [6.07, 6.45) is 7.03. The van der Waals surface area contributed by atoms with Crippen molar-refractivity contribution in [3.05, 3.63) is 77.6 Å². The van der Waals surface area contributed by atoms with Crippen molar-refractivity contribution < 1.29 is 9.32 Å². The van der Waals surface area contributed by atoms with Gasteiger partial charge < -0.3 is 20.5 Å². The van der Waals surface area contributed by atoms with Crippen molar-refractivity contribution >= 4 is 34.7 Å². The molecule has 9 nitrogen and oxygen atoms in total. The van der Waals surface area contributed by atoms with Crippen LogP contribution in [0.25, 0.3) is 0 Å². The number of benzene rings is 1. The first-order chi connectivity index (χ1) is 16.1. The Kier molecular flexibility index (Phi) is 5.67. The molecule has 3 N–H and O–H groups in total. The zero-order valence-electron chi connectivity index (χ0n) is 18.1. The van der Waals surface area contributed by atoms with Gasteiger partial charge in [-0.1, -0.05) is 5.16 Å². The Morgan fingerprint density at radius 3 is 2.42 bits per heavy atom. The third-order valence-electron chi connectivity index (χ3n) is 5.42. The summed E-state index contributed by atoms with van der Waals surface area (Å²) < 4.78 is 5.34. The van der Waals surface area contributed by atoms with Crippen LogP contribution in [-0.2, 0) is 12.8 Å². The summed E-state index contributed by atoms with van der Waals surface area (Å²) in [5, 5.41) is 13.3. The predicted octanol–water partition coefficient (Wildman–Crippen LogP) is 4.79. The van der Waals surface area contributed by atoms with Gasteiger partial charge in [-0.05, 0) is 68.1 Å². The minimum atomic E-state index is -0.251. The van der Waals surface area contributed by atoms with Crippen LogP contribution >= 0.6 is 0 Å². The molecular weight excluding hydrogens is 418 g/mol. The van der Waals surface area contributed by atoms with Gasteiger partial charge >= 0.3 is 0 Å². The lowest BCUT2D eigenvalue weighted by Crippen LogP contribution is -2.15. The van der Waals surface area contributed by atoms with Gasteiger partial charge in [0.15, 0.2) is 5.69 Å². The molecule has 5 rings (SSSR count). The Morgan fingerprint density at radius 2 is 1.61 bits per heavy atom. The van der Waals surface area contributed by atoms with Gasteiger partial charge in [0.1, 0.15) is 29.5 Å². The van der Waals surface area contributed by atoms with E-state index in [1.54, 1.807) is 12.3 Å². The van der Waals surface area contributed by atoms with Crippen LogP contribution in [0.2, 0.25) is 0 Å². The van der Waals surface area contributed by atoms with E-state index >= 15 is 0 Å². The van der Waals surface area contributed by atoms with Crippen LogP contribution in [0.4, 0.5) is 28.8 Å². The standard InChI is InChI=1S/C24H23N7O2/c1-15-10-11-25-20(12-15)30-22-13-21(26-14-27-22)28-16-6-8-17(9-7-16)29-24(32)23-18-4-2-3-5-19(18)33-31-23/h6-14H,2-5H2,1H3,(H,29,32)(H2,25,26,27,28,30). The maximum Gasteiger partial charge on any atom is 0.278 e. The highest BCUT2D eigenvalue weighted by Crippen LogP contribution is 2.25. The molecule has 166 valence electrons.